The maximum Gasteiger partial charge on any atom is 1.00 e. The zero-order chi connectivity index (χ0) is 24.5. The number of benzene rings is 2. The number of rotatable bonds is 9. The summed E-state index contributed by atoms with van der Waals surface area (Å²) in [7, 11) is 3.24. The van der Waals surface area contributed by atoms with Gasteiger partial charge in [0.1, 0.15) is 0 Å². The first kappa shape index (κ1) is 30.8. The predicted octanol–water partition coefficient (Wildman–Crippen LogP) is 0.0675. The molecule has 0 unspecified atom stereocenters. The van der Waals surface area contributed by atoms with E-state index < -0.39 is 5.97 Å². The maximum absolute atomic E-state index is 11.8. The van der Waals surface area contributed by atoms with Crippen LogP contribution in [0.3, 0.4) is 0 Å². The molecular formula is C24H29LiN4O7. The van der Waals surface area contributed by atoms with E-state index >= 15 is 0 Å². The average molecular weight is 492 g/mol. The van der Waals surface area contributed by atoms with Gasteiger partial charge in [0.25, 0.3) is 0 Å². The van der Waals surface area contributed by atoms with Crippen LogP contribution in [-0.4, -0.2) is 76.1 Å². The monoisotopic (exact) mass is 492 g/mol. The molecule has 0 saturated carbocycles. The van der Waals surface area contributed by atoms with E-state index in [1.807, 2.05) is 36.4 Å². The molecule has 4 aromatic rings. The second kappa shape index (κ2) is 15.0. The number of carbonyl (C=O) groups excluding carboxylic acids is 1. The molecule has 2 aromatic heterocycles. The van der Waals surface area contributed by atoms with Crippen molar-refractivity contribution in [3.8, 4) is 0 Å². The third-order valence-electron chi connectivity index (χ3n) is 5.00. The van der Waals surface area contributed by atoms with Crippen molar-refractivity contribution < 1.29 is 53.2 Å². The van der Waals surface area contributed by atoms with Gasteiger partial charge in [0, 0.05) is 25.0 Å². The first-order valence-corrected chi connectivity index (χ1v) is 10.8. The van der Waals surface area contributed by atoms with Crippen molar-refractivity contribution in [3.63, 3.8) is 0 Å². The molecule has 2 heterocycles. The van der Waals surface area contributed by atoms with Gasteiger partial charge < -0.3 is 24.8 Å². The summed E-state index contributed by atoms with van der Waals surface area (Å²) in [4.78, 5) is 22.8. The summed E-state index contributed by atoms with van der Waals surface area (Å²) in [6.07, 6.45) is 0. The molecular weight excluding hydrogens is 463 g/mol. The molecule has 0 saturated heterocycles. The Morgan fingerprint density at radius 1 is 0.833 bits per heavy atom. The summed E-state index contributed by atoms with van der Waals surface area (Å²) in [5.41, 5.74) is 2.19. The van der Waals surface area contributed by atoms with Gasteiger partial charge in [-0.25, -0.2) is 9.59 Å². The number of carboxylic acid groups (broad SMARTS) is 1. The van der Waals surface area contributed by atoms with E-state index in [2.05, 4.69) is 10.2 Å². The number of methoxy groups -OCH3 is 2. The van der Waals surface area contributed by atoms with Gasteiger partial charge in [-0.2, -0.15) is 10.2 Å². The normalized spacial score (nSPS) is 10.2. The van der Waals surface area contributed by atoms with Crippen LogP contribution in [0.5, 0.6) is 0 Å². The second-order valence-corrected chi connectivity index (χ2v) is 7.19. The van der Waals surface area contributed by atoms with Gasteiger partial charge in [-0.3, -0.25) is 9.36 Å². The van der Waals surface area contributed by atoms with Crippen molar-refractivity contribution in [1.29, 1.82) is 0 Å². The van der Waals surface area contributed by atoms with Crippen molar-refractivity contribution in [2.24, 2.45) is 0 Å². The van der Waals surface area contributed by atoms with Crippen LogP contribution in [0, 0.1) is 0 Å². The first-order chi connectivity index (χ1) is 16.5. The van der Waals surface area contributed by atoms with Crippen LogP contribution in [0.2, 0.25) is 0 Å². The number of fused-ring (bicyclic) bond motifs is 2. The number of carboxylic acids is 1. The third-order valence-corrected chi connectivity index (χ3v) is 5.00. The van der Waals surface area contributed by atoms with Crippen LogP contribution in [0.4, 0.5) is 0 Å². The fraction of sp³-hybridized carbons (Fsp3) is 0.333. The zero-order valence-electron chi connectivity index (χ0n) is 20.9. The summed E-state index contributed by atoms with van der Waals surface area (Å²) in [6.45, 7) is 4.33. The van der Waals surface area contributed by atoms with Crippen molar-refractivity contribution in [1.82, 2.24) is 19.6 Å². The van der Waals surface area contributed by atoms with Gasteiger partial charge in [0.05, 0.1) is 43.9 Å². The minimum atomic E-state index is -1.01. The van der Waals surface area contributed by atoms with E-state index in [9.17, 15) is 9.59 Å². The predicted molar refractivity (Wildman–Crippen MR) is 128 cm³/mol. The van der Waals surface area contributed by atoms with Crippen molar-refractivity contribution >= 4 is 33.7 Å². The van der Waals surface area contributed by atoms with Gasteiger partial charge in [0.15, 0.2) is 11.4 Å². The van der Waals surface area contributed by atoms with E-state index in [0.717, 1.165) is 16.4 Å². The summed E-state index contributed by atoms with van der Waals surface area (Å²) in [6, 6.07) is 14.9. The van der Waals surface area contributed by atoms with Crippen LogP contribution in [0.25, 0.3) is 21.8 Å². The number of aromatic carboxylic acids is 1. The van der Waals surface area contributed by atoms with Gasteiger partial charge in [0.2, 0.25) is 0 Å². The number of aromatic nitrogens is 4. The van der Waals surface area contributed by atoms with E-state index in [-0.39, 0.29) is 36.0 Å². The van der Waals surface area contributed by atoms with Gasteiger partial charge >= 0.3 is 30.8 Å². The fourth-order valence-corrected chi connectivity index (χ4v) is 3.46. The number of carbonyl (C=O) groups is 2. The minimum absolute atomic E-state index is 0. The molecule has 0 aliphatic carbocycles. The quantitative estimate of drug-likeness (QED) is 0.253. The molecule has 4 rings (SSSR count). The molecule has 0 aliphatic heterocycles. The number of esters is 1. The largest absolute Gasteiger partial charge is 1.00 e. The molecule has 11 nitrogen and oxygen atoms in total. The minimum Gasteiger partial charge on any atom is -0.870 e. The third kappa shape index (κ3) is 7.16. The van der Waals surface area contributed by atoms with E-state index in [0.29, 0.717) is 44.0 Å². The number of nitrogens with zero attached hydrogens (tertiary/aromatic N) is 4. The SMILES string of the molecule is CCOC(=O)c1nn(CCOC)c2ccccc12.COCCn1nc(C(=O)O)c2ccccc21.[Li+].[OH-]. The fourth-order valence-electron chi connectivity index (χ4n) is 3.46. The van der Waals surface area contributed by atoms with Crippen molar-refractivity contribution in [3.05, 3.63) is 59.9 Å². The van der Waals surface area contributed by atoms with Crippen LogP contribution in [0.15, 0.2) is 48.5 Å². The van der Waals surface area contributed by atoms with Gasteiger partial charge in [-0.1, -0.05) is 36.4 Å². The molecule has 188 valence electrons. The standard InChI is InChI=1S/C13H16N2O3.C11H12N2O3.Li.H2O/c1-3-18-13(16)12-10-6-4-5-7-11(10)15(14-12)8-9-17-2;1-16-7-6-13-9-5-3-2-4-8(9)10(12-13)11(14)15;;/h4-7H,3,8-9H2,1-2H3;2-5H,6-7H2,1H3,(H,14,15);;1H2/q;;+1;/p-1. The van der Waals surface area contributed by atoms with Crippen molar-refractivity contribution in [2.45, 2.75) is 20.0 Å². The summed E-state index contributed by atoms with van der Waals surface area (Å²) in [5.74, 6) is -1.39. The number of hydrogen-bond donors (Lipinski definition) is 1. The molecule has 0 fully saturated rings. The molecule has 0 bridgehead atoms. The Kier molecular flexibility index (Phi) is 12.9. The average Bonchev–Trinajstić information content (AvgIpc) is 3.41. The summed E-state index contributed by atoms with van der Waals surface area (Å²) >= 11 is 0. The summed E-state index contributed by atoms with van der Waals surface area (Å²) < 4.78 is 18.4. The number of para-hydroxylation sites is 2. The van der Waals surface area contributed by atoms with E-state index in [1.165, 1.54) is 0 Å². The van der Waals surface area contributed by atoms with Gasteiger partial charge in [-0.15, -0.1) is 0 Å². The van der Waals surface area contributed by atoms with Crippen LogP contribution < -0.4 is 18.9 Å². The molecule has 2 N–H and O–H groups in total. The Morgan fingerprint density at radius 3 is 1.72 bits per heavy atom. The molecule has 0 amide bonds. The molecule has 0 atom stereocenters. The smallest absolute Gasteiger partial charge is 0.870 e. The Morgan fingerprint density at radius 2 is 1.28 bits per heavy atom. The van der Waals surface area contributed by atoms with E-state index in [1.54, 1.807) is 42.6 Å². The molecule has 0 aliphatic rings. The Bertz CT molecular complexity index is 1270. The Labute approximate surface area is 220 Å². The Hall–Kier alpha value is -3.20. The topological polar surface area (TPSA) is 148 Å². The van der Waals surface area contributed by atoms with Crippen LogP contribution in [0.1, 0.15) is 27.9 Å². The molecule has 2 aromatic carbocycles. The zero-order valence-corrected chi connectivity index (χ0v) is 20.9. The van der Waals surface area contributed by atoms with Gasteiger partial charge in [-0.05, 0) is 19.1 Å². The molecule has 36 heavy (non-hydrogen) atoms. The first-order valence-electron chi connectivity index (χ1n) is 10.8. The number of ether oxygens (including phenoxy) is 3. The number of hydrogen-bond acceptors (Lipinski definition) is 8. The summed E-state index contributed by atoms with van der Waals surface area (Å²) in [5, 5.41) is 18.9. The molecule has 0 radical (unpaired) electrons. The maximum atomic E-state index is 11.8. The van der Waals surface area contributed by atoms with Crippen molar-refractivity contribution in [2.75, 3.05) is 34.0 Å². The molecule has 12 heteroatoms. The second-order valence-electron chi connectivity index (χ2n) is 7.19. The van der Waals surface area contributed by atoms with Crippen LogP contribution >= 0.6 is 0 Å². The van der Waals surface area contributed by atoms with E-state index in [4.69, 9.17) is 19.3 Å². The molecule has 0 spiro atoms. The van der Waals surface area contributed by atoms with Crippen LogP contribution in [-0.2, 0) is 27.3 Å². The Balaban J connectivity index is 0.000000343.